The van der Waals surface area contributed by atoms with Gasteiger partial charge in [-0.3, -0.25) is 4.79 Å². The molecule has 0 atom stereocenters. The van der Waals surface area contributed by atoms with Crippen LogP contribution in [-0.4, -0.2) is 19.9 Å². The number of halogens is 1. The lowest BCUT2D eigenvalue weighted by Gasteiger charge is -2.11. The first-order valence-corrected chi connectivity index (χ1v) is 8.10. The summed E-state index contributed by atoms with van der Waals surface area (Å²) in [6.07, 6.45) is 5.21. The van der Waals surface area contributed by atoms with Gasteiger partial charge in [0.25, 0.3) is 0 Å². The van der Waals surface area contributed by atoms with E-state index >= 15 is 0 Å². The summed E-state index contributed by atoms with van der Waals surface area (Å²) in [5.74, 6) is -0.937. The summed E-state index contributed by atoms with van der Waals surface area (Å²) in [6, 6.07) is 7.41. The van der Waals surface area contributed by atoms with Crippen molar-refractivity contribution >= 4 is 23.0 Å². The Kier molecular flexibility index (Phi) is 3.66. The highest BCUT2D eigenvalue weighted by Crippen LogP contribution is 2.32. The van der Waals surface area contributed by atoms with Gasteiger partial charge in [-0.05, 0) is 41.9 Å². The molecule has 8 heteroatoms. The normalized spacial score (nSPS) is 10.9. The van der Waals surface area contributed by atoms with Crippen LogP contribution in [0.4, 0.5) is 4.39 Å². The SMILES string of the molecule is NC(=O)c1ccc(Oc2cc(-c3cnsc3)cn3nccc23)c(F)c1. The topological polar surface area (TPSA) is 82.5 Å². The maximum absolute atomic E-state index is 14.2. The number of hydrogen-bond acceptors (Lipinski definition) is 5. The van der Waals surface area contributed by atoms with E-state index in [9.17, 15) is 9.18 Å². The largest absolute Gasteiger partial charge is 0.452 e. The summed E-state index contributed by atoms with van der Waals surface area (Å²) in [5.41, 5.74) is 7.68. The van der Waals surface area contributed by atoms with E-state index in [4.69, 9.17) is 10.5 Å². The molecule has 0 spiro atoms. The number of nitrogens with two attached hydrogens (primary N) is 1. The lowest BCUT2D eigenvalue weighted by atomic mass is 10.1. The van der Waals surface area contributed by atoms with Crippen LogP contribution in [0.25, 0.3) is 16.6 Å². The molecule has 0 unspecified atom stereocenters. The average Bonchev–Trinajstić information content (AvgIpc) is 3.27. The number of pyridine rings is 1. The number of primary amides is 1. The van der Waals surface area contributed by atoms with Crippen molar-refractivity contribution in [2.45, 2.75) is 0 Å². The molecular formula is C17H11FN4O2S. The second kappa shape index (κ2) is 5.99. The van der Waals surface area contributed by atoms with Crippen molar-refractivity contribution in [2.24, 2.45) is 5.73 Å². The number of fused-ring (bicyclic) bond motifs is 1. The van der Waals surface area contributed by atoms with Crippen LogP contribution in [0.5, 0.6) is 11.5 Å². The number of aromatic nitrogens is 3. The van der Waals surface area contributed by atoms with Gasteiger partial charge in [0.05, 0.1) is 6.20 Å². The zero-order valence-corrected chi connectivity index (χ0v) is 13.5. The highest BCUT2D eigenvalue weighted by molar-refractivity contribution is 7.03. The molecule has 0 saturated carbocycles. The molecule has 0 saturated heterocycles. The minimum atomic E-state index is -0.699. The van der Waals surface area contributed by atoms with Crippen LogP contribution in [0.2, 0.25) is 0 Å². The Balaban J connectivity index is 1.79. The van der Waals surface area contributed by atoms with Gasteiger partial charge in [0, 0.05) is 34.5 Å². The van der Waals surface area contributed by atoms with Gasteiger partial charge in [-0.25, -0.2) is 13.3 Å². The second-order valence-corrected chi connectivity index (χ2v) is 5.94. The number of benzene rings is 1. The van der Waals surface area contributed by atoms with Gasteiger partial charge in [-0.1, -0.05) is 0 Å². The minimum absolute atomic E-state index is 0.00584. The molecule has 4 rings (SSSR count). The Bertz CT molecular complexity index is 1080. The van der Waals surface area contributed by atoms with E-state index in [0.717, 1.165) is 17.2 Å². The number of carbonyl (C=O) groups excluding carboxylic acids is 1. The fourth-order valence-electron chi connectivity index (χ4n) is 2.44. The third-order valence-corrected chi connectivity index (χ3v) is 4.26. The predicted molar refractivity (Wildman–Crippen MR) is 91.3 cm³/mol. The van der Waals surface area contributed by atoms with Crippen LogP contribution in [0.1, 0.15) is 10.4 Å². The first-order valence-electron chi connectivity index (χ1n) is 7.26. The van der Waals surface area contributed by atoms with Gasteiger partial charge < -0.3 is 10.5 Å². The first-order chi connectivity index (χ1) is 12.1. The van der Waals surface area contributed by atoms with Gasteiger partial charge in [0.2, 0.25) is 5.91 Å². The molecule has 2 N–H and O–H groups in total. The third kappa shape index (κ3) is 2.83. The fraction of sp³-hybridized carbons (Fsp3) is 0. The van der Waals surface area contributed by atoms with Crippen LogP contribution < -0.4 is 10.5 Å². The molecule has 6 nitrogen and oxygen atoms in total. The Hall–Kier alpha value is -3.26. The first kappa shape index (κ1) is 15.3. The number of amides is 1. The van der Waals surface area contributed by atoms with Crippen LogP contribution in [0.3, 0.4) is 0 Å². The van der Waals surface area contributed by atoms with Gasteiger partial charge in [-0.2, -0.15) is 5.10 Å². The zero-order chi connectivity index (χ0) is 17.4. The molecule has 1 aromatic carbocycles. The van der Waals surface area contributed by atoms with Crippen LogP contribution in [-0.2, 0) is 0 Å². The summed E-state index contributed by atoms with van der Waals surface area (Å²) in [5, 5.41) is 6.12. The Labute approximate surface area is 145 Å². The number of nitrogens with zero attached hydrogens (tertiary/aromatic N) is 3. The molecule has 0 radical (unpaired) electrons. The van der Waals surface area contributed by atoms with E-state index < -0.39 is 11.7 Å². The monoisotopic (exact) mass is 354 g/mol. The van der Waals surface area contributed by atoms with E-state index in [2.05, 4.69) is 9.47 Å². The molecule has 1 amide bonds. The van der Waals surface area contributed by atoms with Crippen molar-refractivity contribution in [3.05, 3.63) is 65.7 Å². The maximum atomic E-state index is 14.2. The van der Waals surface area contributed by atoms with Crippen LogP contribution >= 0.6 is 11.5 Å². The summed E-state index contributed by atoms with van der Waals surface area (Å²) in [4.78, 5) is 11.1. The molecule has 3 aromatic heterocycles. The summed E-state index contributed by atoms with van der Waals surface area (Å²) in [6.45, 7) is 0. The van der Waals surface area contributed by atoms with Crippen molar-refractivity contribution in [1.82, 2.24) is 14.0 Å². The fourth-order valence-corrected chi connectivity index (χ4v) is 2.98. The zero-order valence-electron chi connectivity index (χ0n) is 12.7. The molecule has 0 fully saturated rings. The van der Waals surface area contributed by atoms with E-state index in [0.29, 0.717) is 11.3 Å². The summed E-state index contributed by atoms with van der Waals surface area (Å²) >= 11 is 1.33. The number of hydrogen-bond donors (Lipinski definition) is 1. The van der Waals surface area contributed by atoms with Crippen LogP contribution in [0.15, 0.2) is 54.3 Å². The van der Waals surface area contributed by atoms with Gasteiger partial charge in [-0.15, -0.1) is 0 Å². The van der Waals surface area contributed by atoms with Crippen molar-refractivity contribution in [3.63, 3.8) is 0 Å². The molecule has 0 aliphatic carbocycles. The Morgan fingerprint density at radius 2 is 2.08 bits per heavy atom. The predicted octanol–water partition coefficient (Wildman–Crippen LogP) is 3.49. The quantitative estimate of drug-likeness (QED) is 0.608. The van der Waals surface area contributed by atoms with E-state index in [1.807, 2.05) is 11.6 Å². The molecule has 3 heterocycles. The standard InChI is InChI=1S/C17H11FN4O2S/c18-13-5-10(17(19)23)1-2-15(13)24-16-6-11(12-7-21-25-9-12)8-22-14(16)3-4-20-22/h1-9H,(H2,19,23). The van der Waals surface area contributed by atoms with Crippen molar-refractivity contribution in [3.8, 4) is 22.6 Å². The van der Waals surface area contributed by atoms with Gasteiger partial charge in [0.1, 0.15) is 5.52 Å². The van der Waals surface area contributed by atoms with E-state index in [1.165, 1.54) is 23.7 Å². The van der Waals surface area contributed by atoms with Gasteiger partial charge >= 0.3 is 0 Å². The Morgan fingerprint density at radius 3 is 2.80 bits per heavy atom. The van der Waals surface area contributed by atoms with Gasteiger partial charge in [0.15, 0.2) is 17.3 Å². The number of ether oxygens (including phenoxy) is 1. The molecule has 4 aromatic rings. The summed E-state index contributed by atoms with van der Waals surface area (Å²) in [7, 11) is 0. The molecular weight excluding hydrogens is 343 g/mol. The smallest absolute Gasteiger partial charge is 0.248 e. The second-order valence-electron chi connectivity index (χ2n) is 5.28. The summed E-state index contributed by atoms with van der Waals surface area (Å²) < 4.78 is 25.7. The lowest BCUT2D eigenvalue weighted by Crippen LogP contribution is -2.11. The maximum Gasteiger partial charge on any atom is 0.248 e. The van der Waals surface area contributed by atoms with E-state index in [-0.39, 0.29) is 11.3 Å². The highest BCUT2D eigenvalue weighted by atomic mass is 32.1. The molecule has 0 aliphatic heterocycles. The molecule has 0 bridgehead atoms. The number of rotatable bonds is 4. The molecule has 0 aliphatic rings. The lowest BCUT2D eigenvalue weighted by molar-refractivity contribution is 0.1000. The highest BCUT2D eigenvalue weighted by Gasteiger charge is 2.13. The van der Waals surface area contributed by atoms with Crippen molar-refractivity contribution < 1.29 is 13.9 Å². The number of carbonyl (C=O) groups is 1. The third-order valence-electron chi connectivity index (χ3n) is 3.67. The van der Waals surface area contributed by atoms with E-state index in [1.54, 1.807) is 29.0 Å². The van der Waals surface area contributed by atoms with Crippen molar-refractivity contribution in [1.29, 1.82) is 0 Å². The molecule has 25 heavy (non-hydrogen) atoms. The minimum Gasteiger partial charge on any atom is -0.452 e. The average molecular weight is 354 g/mol. The van der Waals surface area contributed by atoms with Crippen LogP contribution in [0, 0.1) is 5.82 Å². The van der Waals surface area contributed by atoms with Crippen molar-refractivity contribution in [2.75, 3.05) is 0 Å². The molecule has 124 valence electrons. The Morgan fingerprint density at radius 1 is 1.20 bits per heavy atom.